The lowest BCUT2D eigenvalue weighted by Gasteiger charge is -2.13. The molecule has 0 radical (unpaired) electrons. The van der Waals surface area contributed by atoms with Crippen LogP contribution in [0.25, 0.3) is 0 Å². The molecule has 3 rings (SSSR count). The van der Waals surface area contributed by atoms with Crippen LogP contribution in [0.4, 0.5) is 5.69 Å². The number of carbonyl (C=O) groups is 2. The van der Waals surface area contributed by atoms with E-state index in [9.17, 15) is 14.7 Å². The fraction of sp³-hybridized carbons (Fsp3) is 0.0952. The number of amides is 1. The highest BCUT2D eigenvalue weighted by Gasteiger charge is 2.19. The van der Waals surface area contributed by atoms with Crippen LogP contribution < -0.4 is 10.1 Å². The summed E-state index contributed by atoms with van der Waals surface area (Å²) in [5.41, 5.74) is 0.189. The van der Waals surface area contributed by atoms with Gasteiger partial charge in [-0.25, -0.2) is 4.79 Å². The summed E-state index contributed by atoms with van der Waals surface area (Å²) in [6.45, 7) is 1.80. The van der Waals surface area contributed by atoms with Gasteiger partial charge in [0.15, 0.2) is 0 Å². The fourth-order valence-corrected chi connectivity index (χ4v) is 3.24. The summed E-state index contributed by atoms with van der Waals surface area (Å²) >= 11 is 17.7. The number of aromatic nitrogens is 1. The van der Waals surface area contributed by atoms with Crippen LogP contribution in [0, 0.1) is 0 Å². The Morgan fingerprint density at radius 1 is 1.03 bits per heavy atom. The first-order valence-corrected chi connectivity index (χ1v) is 10.0. The zero-order chi connectivity index (χ0) is 22.5. The third-order valence-corrected chi connectivity index (χ3v) is 4.63. The number of nitrogens with one attached hydrogen (secondary N) is 1. The molecule has 1 amide bonds. The van der Waals surface area contributed by atoms with Gasteiger partial charge in [0.2, 0.25) is 0 Å². The lowest BCUT2D eigenvalue weighted by atomic mass is 10.1. The van der Waals surface area contributed by atoms with Crippen molar-refractivity contribution < 1.29 is 24.2 Å². The second-order valence-corrected chi connectivity index (χ2v) is 7.39. The normalized spacial score (nSPS) is 10.5. The Bertz CT molecular complexity index is 1150. The van der Waals surface area contributed by atoms with E-state index in [1.54, 1.807) is 6.92 Å². The van der Waals surface area contributed by atoms with Crippen LogP contribution >= 0.6 is 34.8 Å². The molecule has 0 spiro atoms. The molecule has 3 aromatic rings. The van der Waals surface area contributed by atoms with Gasteiger partial charge in [0.25, 0.3) is 5.91 Å². The maximum Gasteiger partial charge on any atom is 0.342 e. The number of benzene rings is 2. The van der Waals surface area contributed by atoms with Gasteiger partial charge < -0.3 is 19.9 Å². The zero-order valence-electron chi connectivity index (χ0n) is 16.0. The summed E-state index contributed by atoms with van der Waals surface area (Å²) in [6.07, 6.45) is 2.87. The first-order chi connectivity index (χ1) is 14.8. The predicted octanol–water partition coefficient (Wildman–Crippen LogP) is 5.97. The highest BCUT2D eigenvalue weighted by Crippen LogP contribution is 2.33. The van der Waals surface area contributed by atoms with Crippen molar-refractivity contribution in [1.82, 2.24) is 4.98 Å². The number of hydrogen-bond donors (Lipinski definition) is 2. The number of phenols is 1. The number of carbonyl (C=O) groups excluding carboxylic acids is 2. The number of rotatable bonds is 6. The number of phenolic OH excluding ortho intramolecular Hbond substituents is 1. The highest BCUT2D eigenvalue weighted by molar-refractivity contribution is 6.36. The molecule has 0 atom stereocenters. The maximum atomic E-state index is 12.6. The van der Waals surface area contributed by atoms with E-state index in [4.69, 9.17) is 44.3 Å². The van der Waals surface area contributed by atoms with Crippen molar-refractivity contribution in [2.24, 2.45) is 0 Å². The predicted molar refractivity (Wildman–Crippen MR) is 118 cm³/mol. The second kappa shape index (κ2) is 9.87. The van der Waals surface area contributed by atoms with E-state index in [1.807, 2.05) is 0 Å². The molecular weight excluding hydrogens is 467 g/mol. The van der Waals surface area contributed by atoms with Crippen molar-refractivity contribution in [3.8, 4) is 17.2 Å². The van der Waals surface area contributed by atoms with Crippen molar-refractivity contribution in [2.45, 2.75) is 6.92 Å². The minimum Gasteiger partial charge on any atom is -0.506 e. The number of aromatic hydroxyl groups is 1. The van der Waals surface area contributed by atoms with Crippen LogP contribution in [0.5, 0.6) is 17.2 Å². The standard InChI is InChI=1S/C21H15Cl3N2O5/c1-2-30-21(29)15-8-13(3-4-18(15)31-14-5-12(23)9-25-10-14)26-20(28)16-6-11(22)7-17(24)19(16)27/h3-10,27H,2H2,1H3,(H,26,28). The molecule has 1 heterocycles. The molecule has 31 heavy (non-hydrogen) atoms. The quantitative estimate of drug-likeness (QED) is 0.421. The Balaban J connectivity index is 1.92. The van der Waals surface area contributed by atoms with E-state index < -0.39 is 17.6 Å². The van der Waals surface area contributed by atoms with E-state index in [-0.39, 0.29) is 39.2 Å². The minimum atomic E-state index is -0.676. The van der Waals surface area contributed by atoms with Crippen molar-refractivity contribution >= 4 is 52.4 Å². The van der Waals surface area contributed by atoms with Gasteiger partial charge >= 0.3 is 5.97 Å². The molecule has 0 bridgehead atoms. The second-order valence-electron chi connectivity index (χ2n) is 6.11. The molecule has 2 aromatic carbocycles. The monoisotopic (exact) mass is 480 g/mol. The molecule has 0 saturated heterocycles. The van der Waals surface area contributed by atoms with Crippen molar-refractivity contribution in [3.05, 3.63) is 75.0 Å². The van der Waals surface area contributed by atoms with E-state index in [0.717, 1.165) is 0 Å². The van der Waals surface area contributed by atoms with Gasteiger partial charge in [-0.1, -0.05) is 34.8 Å². The number of pyridine rings is 1. The van der Waals surface area contributed by atoms with Gasteiger partial charge in [0, 0.05) is 23.0 Å². The van der Waals surface area contributed by atoms with E-state index in [0.29, 0.717) is 10.8 Å². The Hall–Kier alpha value is -3.00. The molecule has 1 aromatic heterocycles. The largest absolute Gasteiger partial charge is 0.506 e. The number of anilines is 1. The Kier molecular flexibility index (Phi) is 7.22. The summed E-state index contributed by atoms with van der Waals surface area (Å²) in [7, 11) is 0. The summed E-state index contributed by atoms with van der Waals surface area (Å²) in [6, 6.07) is 8.49. The van der Waals surface area contributed by atoms with Gasteiger partial charge in [0.1, 0.15) is 22.8 Å². The average Bonchev–Trinajstić information content (AvgIpc) is 2.72. The van der Waals surface area contributed by atoms with Crippen LogP contribution in [0.3, 0.4) is 0 Å². The van der Waals surface area contributed by atoms with E-state index in [2.05, 4.69) is 10.3 Å². The number of esters is 1. The SMILES string of the molecule is CCOC(=O)c1cc(NC(=O)c2cc(Cl)cc(Cl)c2O)ccc1Oc1cncc(Cl)c1. The van der Waals surface area contributed by atoms with E-state index >= 15 is 0 Å². The summed E-state index contributed by atoms with van der Waals surface area (Å²) < 4.78 is 10.8. The maximum absolute atomic E-state index is 12.6. The van der Waals surface area contributed by atoms with Gasteiger partial charge in [-0.2, -0.15) is 0 Å². The minimum absolute atomic E-state index is 0.0629. The molecule has 0 aliphatic carbocycles. The molecule has 160 valence electrons. The number of ether oxygens (including phenoxy) is 2. The van der Waals surface area contributed by atoms with Gasteiger partial charge in [-0.3, -0.25) is 9.78 Å². The van der Waals surface area contributed by atoms with Gasteiger partial charge in [0.05, 0.1) is 28.4 Å². The molecule has 0 aliphatic rings. The molecular formula is C21H15Cl3N2O5. The third kappa shape index (κ3) is 5.58. The van der Waals surface area contributed by atoms with Crippen LogP contribution in [-0.2, 0) is 4.74 Å². The lowest BCUT2D eigenvalue weighted by Crippen LogP contribution is -2.14. The van der Waals surface area contributed by atoms with E-state index in [1.165, 1.54) is 48.8 Å². The van der Waals surface area contributed by atoms with Crippen LogP contribution in [0.1, 0.15) is 27.6 Å². The number of hydrogen-bond acceptors (Lipinski definition) is 6. The fourth-order valence-electron chi connectivity index (χ4n) is 2.58. The summed E-state index contributed by atoms with van der Waals surface area (Å²) in [5, 5.41) is 13.1. The Morgan fingerprint density at radius 2 is 1.81 bits per heavy atom. The highest BCUT2D eigenvalue weighted by atomic mass is 35.5. The Morgan fingerprint density at radius 3 is 2.52 bits per heavy atom. The average molecular weight is 482 g/mol. The van der Waals surface area contributed by atoms with Crippen molar-refractivity contribution in [3.63, 3.8) is 0 Å². The Labute approximate surface area is 192 Å². The number of halogens is 3. The first kappa shape index (κ1) is 22.7. The summed E-state index contributed by atoms with van der Waals surface area (Å²) in [4.78, 5) is 29.0. The molecule has 0 saturated carbocycles. The topological polar surface area (TPSA) is 97.8 Å². The van der Waals surface area contributed by atoms with Crippen LogP contribution in [0.15, 0.2) is 48.8 Å². The third-order valence-electron chi connectivity index (χ3n) is 3.91. The lowest BCUT2D eigenvalue weighted by molar-refractivity contribution is 0.0523. The van der Waals surface area contributed by atoms with Gasteiger partial charge in [-0.15, -0.1) is 0 Å². The smallest absolute Gasteiger partial charge is 0.342 e. The zero-order valence-corrected chi connectivity index (χ0v) is 18.3. The molecule has 10 heteroatoms. The van der Waals surface area contributed by atoms with Crippen LogP contribution in [-0.4, -0.2) is 28.6 Å². The molecule has 2 N–H and O–H groups in total. The first-order valence-electron chi connectivity index (χ1n) is 8.87. The summed E-state index contributed by atoms with van der Waals surface area (Å²) in [5.74, 6) is -1.26. The molecule has 7 nitrogen and oxygen atoms in total. The molecule has 0 unspecified atom stereocenters. The number of nitrogens with zero attached hydrogens (tertiary/aromatic N) is 1. The van der Waals surface area contributed by atoms with Gasteiger partial charge in [-0.05, 0) is 37.3 Å². The van der Waals surface area contributed by atoms with Crippen LogP contribution in [0.2, 0.25) is 15.1 Å². The van der Waals surface area contributed by atoms with Crippen molar-refractivity contribution in [1.29, 1.82) is 0 Å². The molecule has 0 fully saturated rings. The van der Waals surface area contributed by atoms with Crippen molar-refractivity contribution in [2.75, 3.05) is 11.9 Å². The molecule has 0 aliphatic heterocycles.